The number of amides is 1. The van der Waals surface area contributed by atoms with Crippen LogP contribution in [0, 0.1) is 12.8 Å². The molecule has 2 aromatic rings. The summed E-state index contributed by atoms with van der Waals surface area (Å²) in [5, 5.41) is 3.07. The minimum Gasteiger partial charge on any atom is -0.469 e. The van der Waals surface area contributed by atoms with Crippen LogP contribution in [-0.2, 0) is 12.8 Å². The largest absolute Gasteiger partial charge is 0.469 e. The van der Waals surface area contributed by atoms with Gasteiger partial charge < -0.3 is 14.2 Å². The summed E-state index contributed by atoms with van der Waals surface area (Å²) in [7, 11) is 0. The molecule has 0 spiro atoms. The van der Waals surface area contributed by atoms with E-state index in [1.54, 1.807) is 6.26 Å². The molecule has 0 aromatic carbocycles. The monoisotopic (exact) mass is 300 g/mol. The van der Waals surface area contributed by atoms with Gasteiger partial charge in [0, 0.05) is 18.4 Å². The molecule has 1 amide bonds. The van der Waals surface area contributed by atoms with Gasteiger partial charge in [-0.2, -0.15) is 0 Å². The number of hydrogen-bond acceptors (Lipinski definition) is 4. The number of oxazole rings is 1. The van der Waals surface area contributed by atoms with E-state index in [2.05, 4.69) is 10.3 Å². The molecule has 1 N–H and O–H groups in total. The van der Waals surface area contributed by atoms with Crippen molar-refractivity contribution >= 4 is 5.91 Å². The molecule has 4 rings (SSSR count). The Hall–Kier alpha value is -2.04. The maximum atomic E-state index is 12.5. The Morgan fingerprint density at radius 2 is 2.27 bits per heavy atom. The van der Waals surface area contributed by atoms with Crippen molar-refractivity contribution in [2.75, 3.05) is 0 Å². The van der Waals surface area contributed by atoms with E-state index < -0.39 is 0 Å². The molecule has 5 nitrogen and oxygen atoms in total. The number of nitrogens with one attached hydrogen (secondary N) is 1. The van der Waals surface area contributed by atoms with Gasteiger partial charge in [-0.05, 0) is 44.6 Å². The quantitative estimate of drug-likeness (QED) is 0.940. The third kappa shape index (κ3) is 2.56. The minimum absolute atomic E-state index is 0.00591. The van der Waals surface area contributed by atoms with Crippen molar-refractivity contribution in [3.63, 3.8) is 0 Å². The summed E-state index contributed by atoms with van der Waals surface area (Å²) in [6.45, 7) is 1.83. The summed E-state index contributed by atoms with van der Waals surface area (Å²) in [6, 6.07) is 1.96. The van der Waals surface area contributed by atoms with Gasteiger partial charge in [-0.25, -0.2) is 4.98 Å². The zero-order chi connectivity index (χ0) is 15.1. The van der Waals surface area contributed by atoms with Crippen molar-refractivity contribution in [1.29, 1.82) is 0 Å². The Morgan fingerprint density at radius 1 is 1.41 bits per heavy atom. The molecule has 1 atom stereocenters. The van der Waals surface area contributed by atoms with Gasteiger partial charge in [-0.1, -0.05) is 0 Å². The number of rotatable bonds is 4. The highest BCUT2D eigenvalue weighted by molar-refractivity contribution is 5.92. The smallest absolute Gasteiger partial charge is 0.289 e. The van der Waals surface area contributed by atoms with E-state index in [4.69, 9.17) is 8.83 Å². The molecule has 0 bridgehead atoms. The lowest BCUT2D eigenvalue weighted by atomic mass is 9.93. The van der Waals surface area contributed by atoms with E-state index in [9.17, 15) is 4.79 Å². The van der Waals surface area contributed by atoms with Gasteiger partial charge in [-0.3, -0.25) is 4.79 Å². The molecule has 0 saturated heterocycles. The van der Waals surface area contributed by atoms with Crippen LogP contribution in [0.15, 0.2) is 21.2 Å². The van der Waals surface area contributed by atoms with Crippen molar-refractivity contribution in [2.24, 2.45) is 5.92 Å². The van der Waals surface area contributed by atoms with Gasteiger partial charge in [0.2, 0.25) is 5.76 Å². The van der Waals surface area contributed by atoms with Crippen molar-refractivity contribution in [2.45, 2.75) is 51.5 Å². The molecule has 22 heavy (non-hydrogen) atoms. The van der Waals surface area contributed by atoms with Gasteiger partial charge in [0.25, 0.3) is 5.91 Å². The number of fused-ring (bicyclic) bond motifs is 1. The van der Waals surface area contributed by atoms with Crippen molar-refractivity contribution in [1.82, 2.24) is 10.3 Å². The Balaban J connectivity index is 1.49. The van der Waals surface area contributed by atoms with Crippen molar-refractivity contribution < 1.29 is 13.6 Å². The van der Waals surface area contributed by atoms with Gasteiger partial charge in [-0.15, -0.1) is 0 Å². The standard InChI is InChI=1S/C17H20N2O3/c1-10-16(22-15(18-10)9-11-5-6-11)17(20)19-13-3-2-4-14-12(13)7-8-21-14/h7-8,11,13H,2-6,9H2,1H3,(H,19,20)/t13-/m1/s1. The molecule has 116 valence electrons. The third-order valence-corrected chi connectivity index (χ3v) is 4.56. The summed E-state index contributed by atoms with van der Waals surface area (Å²) in [5.74, 6) is 2.55. The summed E-state index contributed by atoms with van der Waals surface area (Å²) >= 11 is 0. The third-order valence-electron chi connectivity index (χ3n) is 4.56. The summed E-state index contributed by atoms with van der Waals surface area (Å²) in [5.41, 5.74) is 1.77. The lowest BCUT2D eigenvalue weighted by Crippen LogP contribution is -2.30. The zero-order valence-corrected chi connectivity index (χ0v) is 12.7. The average molecular weight is 300 g/mol. The number of nitrogens with zero attached hydrogens (tertiary/aromatic N) is 1. The SMILES string of the molecule is Cc1nc(CC2CC2)oc1C(=O)N[C@@H]1CCCc2occc21. The second kappa shape index (κ2) is 5.30. The molecular weight excluding hydrogens is 280 g/mol. The molecule has 0 aliphatic heterocycles. The van der Waals surface area contributed by atoms with Crippen LogP contribution in [0.4, 0.5) is 0 Å². The molecule has 0 radical (unpaired) electrons. The molecule has 2 heterocycles. The van der Waals surface area contributed by atoms with Crippen LogP contribution in [0.2, 0.25) is 0 Å². The first-order valence-electron chi connectivity index (χ1n) is 8.04. The highest BCUT2D eigenvalue weighted by Gasteiger charge is 2.28. The average Bonchev–Trinajstić information content (AvgIpc) is 3.03. The molecule has 2 aliphatic rings. The predicted molar refractivity (Wildman–Crippen MR) is 79.5 cm³/mol. The van der Waals surface area contributed by atoms with Gasteiger partial charge in [0.15, 0.2) is 5.89 Å². The number of hydrogen-bond donors (Lipinski definition) is 1. The van der Waals surface area contributed by atoms with Crippen LogP contribution >= 0.6 is 0 Å². The Kier molecular flexibility index (Phi) is 3.28. The second-order valence-corrected chi connectivity index (χ2v) is 6.39. The fourth-order valence-electron chi connectivity index (χ4n) is 3.18. The number of carbonyl (C=O) groups excluding carboxylic acids is 1. The minimum atomic E-state index is -0.175. The van der Waals surface area contributed by atoms with E-state index in [0.29, 0.717) is 23.3 Å². The van der Waals surface area contributed by atoms with Gasteiger partial charge in [0.05, 0.1) is 18.0 Å². The van der Waals surface area contributed by atoms with Crippen molar-refractivity contribution in [3.8, 4) is 0 Å². The molecule has 2 aliphatic carbocycles. The molecule has 2 aromatic heterocycles. The fourth-order valence-corrected chi connectivity index (χ4v) is 3.18. The van der Waals surface area contributed by atoms with Crippen LogP contribution in [0.5, 0.6) is 0 Å². The first-order valence-corrected chi connectivity index (χ1v) is 8.04. The normalized spacial score (nSPS) is 20.7. The summed E-state index contributed by atoms with van der Waals surface area (Å²) in [6.07, 6.45) is 7.93. The van der Waals surface area contributed by atoms with Crippen LogP contribution in [0.1, 0.15) is 65.2 Å². The predicted octanol–water partition coefficient (Wildman–Crippen LogP) is 3.34. The molecule has 1 fully saturated rings. The Labute approximate surface area is 129 Å². The maximum absolute atomic E-state index is 12.5. The lowest BCUT2D eigenvalue weighted by Gasteiger charge is -2.22. The number of aryl methyl sites for hydroxylation is 2. The van der Waals surface area contributed by atoms with E-state index in [1.807, 2.05) is 13.0 Å². The van der Waals surface area contributed by atoms with E-state index in [-0.39, 0.29) is 11.9 Å². The van der Waals surface area contributed by atoms with Crippen LogP contribution in [0.3, 0.4) is 0 Å². The summed E-state index contributed by atoms with van der Waals surface area (Å²) < 4.78 is 11.2. The second-order valence-electron chi connectivity index (χ2n) is 6.39. The van der Waals surface area contributed by atoms with Crippen LogP contribution in [0.25, 0.3) is 0 Å². The summed E-state index contributed by atoms with van der Waals surface area (Å²) in [4.78, 5) is 16.9. The topological polar surface area (TPSA) is 68.3 Å². The van der Waals surface area contributed by atoms with E-state index >= 15 is 0 Å². The first-order chi connectivity index (χ1) is 10.7. The number of furan rings is 1. The molecular formula is C17H20N2O3. The van der Waals surface area contributed by atoms with Gasteiger partial charge in [0.1, 0.15) is 5.76 Å². The number of carbonyl (C=O) groups is 1. The first kappa shape index (κ1) is 13.6. The maximum Gasteiger partial charge on any atom is 0.289 e. The fraction of sp³-hybridized carbons (Fsp3) is 0.529. The number of aromatic nitrogens is 1. The van der Waals surface area contributed by atoms with E-state index in [0.717, 1.165) is 37.0 Å². The molecule has 5 heteroatoms. The zero-order valence-electron chi connectivity index (χ0n) is 12.7. The molecule has 0 unspecified atom stereocenters. The van der Waals surface area contributed by atoms with Crippen LogP contribution in [-0.4, -0.2) is 10.9 Å². The van der Waals surface area contributed by atoms with E-state index in [1.165, 1.54) is 12.8 Å². The molecule has 1 saturated carbocycles. The van der Waals surface area contributed by atoms with Gasteiger partial charge >= 0.3 is 0 Å². The Bertz CT molecular complexity index is 697. The highest BCUT2D eigenvalue weighted by atomic mass is 16.4. The Morgan fingerprint density at radius 3 is 3.09 bits per heavy atom. The highest BCUT2D eigenvalue weighted by Crippen LogP contribution is 2.33. The van der Waals surface area contributed by atoms with Crippen LogP contribution < -0.4 is 5.32 Å². The lowest BCUT2D eigenvalue weighted by molar-refractivity contribution is 0.0901. The van der Waals surface area contributed by atoms with Crippen molar-refractivity contribution in [3.05, 3.63) is 41.0 Å².